The van der Waals surface area contributed by atoms with Crippen molar-refractivity contribution in [3.05, 3.63) is 28.8 Å². The Morgan fingerprint density at radius 2 is 2.56 bits per heavy atom. The van der Waals surface area contributed by atoms with Gasteiger partial charge in [-0.25, -0.2) is 0 Å². The molecule has 1 radical (unpaired) electrons. The van der Waals surface area contributed by atoms with Gasteiger partial charge in [0.2, 0.25) is 5.91 Å². The molecule has 0 bridgehead atoms. The first-order valence-corrected chi connectivity index (χ1v) is 3.34. The molecule has 2 N–H and O–H groups in total. The Labute approximate surface area is 57.3 Å². The van der Waals surface area contributed by atoms with Crippen LogP contribution in [0.5, 0.6) is 0 Å². The topological polar surface area (TPSA) is 43.1 Å². The molecule has 0 aliphatic carbocycles. The zero-order valence-electron chi connectivity index (χ0n) is 4.70. The second kappa shape index (κ2) is 2.64. The van der Waals surface area contributed by atoms with E-state index in [4.69, 9.17) is 5.73 Å². The lowest BCUT2D eigenvalue weighted by atomic mass is 10.3. The normalized spacial score (nSPS) is 9.33. The van der Waals surface area contributed by atoms with Crippen molar-refractivity contribution in [1.29, 1.82) is 0 Å². The molecule has 0 unspecified atom stereocenters. The third-order valence-electron chi connectivity index (χ3n) is 0.828. The Kier molecular flexibility index (Phi) is 1.85. The maximum atomic E-state index is 10.2. The van der Waals surface area contributed by atoms with E-state index in [0.29, 0.717) is 0 Å². The molecule has 0 saturated heterocycles. The molecule has 2 nitrogen and oxygen atoms in total. The van der Waals surface area contributed by atoms with Crippen molar-refractivity contribution < 1.29 is 4.79 Å². The molecule has 0 aliphatic rings. The highest BCUT2D eigenvalue weighted by Gasteiger charge is 1.97. The predicted molar refractivity (Wildman–Crippen MR) is 36.9 cm³/mol. The highest BCUT2D eigenvalue weighted by Crippen LogP contribution is 2.09. The van der Waals surface area contributed by atoms with E-state index in [1.807, 2.05) is 17.5 Å². The molecule has 0 aliphatic heterocycles. The zero-order chi connectivity index (χ0) is 6.69. The minimum absolute atomic E-state index is 0.391. The van der Waals surface area contributed by atoms with Gasteiger partial charge in [-0.2, -0.15) is 0 Å². The molecule has 0 spiro atoms. The number of nitrogens with two attached hydrogens (primary N) is 1. The van der Waals surface area contributed by atoms with Crippen LogP contribution in [0.3, 0.4) is 0 Å². The average molecular weight is 140 g/mol. The average Bonchev–Trinajstić information content (AvgIpc) is 2.15. The Bertz CT molecular complexity index is 193. The second-order valence-corrected chi connectivity index (χ2v) is 2.54. The van der Waals surface area contributed by atoms with Crippen molar-refractivity contribution in [3.63, 3.8) is 0 Å². The summed E-state index contributed by atoms with van der Waals surface area (Å²) in [6.45, 7) is 0. The van der Waals surface area contributed by atoms with Gasteiger partial charge >= 0.3 is 0 Å². The minimum atomic E-state index is -0.391. The molecule has 1 aromatic heterocycles. The summed E-state index contributed by atoms with van der Waals surface area (Å²) >= 11 is 1.49. The molecule has 0 fully saturated rings. The van der Waals surface area contributed by atoms with Gasteiger partial charge in [-0.05, 0) is 11.4 Å². The highest BCUT2D eigenvalue weighted by molar-refractivity contribution is 7.10. The lowest BCUT2D eigenvalue weighted by Gasteiger charge is -1.85. The van der Waals surface area contributed by atoms with Crippen LogP contribution >= 0.6 is 11.3 Å². The first-order valence-electron chi connectivity index (χ1n) is 2.47. The zero-order valence-corrected chi connectivity index (χ0v) is 5.52. The fourth-order valence-corrected chi connectivity index (χ4v) is 1.17. The van der Waals surface area contributed by atoms with E-state index in [2.05, 4.69) is 0 Å². The number of hydrogen-bond donors (Lipinski definition) is 1. The molecule has 0 atom stereocenters. The minimum Gasteiger partial charge on any atom is -0.369 e. The Hall–Kier alpha value is -0.830. The molecular weight excluding hydrogens is 134 g/mol. The molecule has 1 amide bonds. The number of primary amides is 1. The van der Waals surface area contributed by atoms with E-state index < -0.39 is 5.91 Å². The molecule has 3 heteroatoms. The summed E-state index contributed by atoms with van der Waals surface area (Å²) < 4.78 is 0. The molecule has 1 heterocycles. The number of carbonyl (C=O) groups excluding carboxylic acids is 1. The maximum Gasteiger partial charge on any atom is 0.226 e. The van der Waals surface area contributed by atoms with Gasteiger partial charge in [-0.1, -0.05) is 6.07 Å². The van der Waals surface area contributed by atoms with Gasteiger partial charge in [0.15, 0.2) is 0 Å². The monoisotopic (exact) mass is 140 g/mol. The quantitative estimate of drug-likeness (QED) is 0.648. The number of carbonyl (C=O) groups is 1. The van der Waals surface area contributed by atoms with Crippen LogP contribution in [0.15, 0.2) is 17.5 Å². The molecule has 9 heavy (non-hydrogen) atoms. The van der Waals surface area contributed by atoms with E-state index in [0.717, 1.165) is 4.88 Å². The largest absolute Gasteiger partial charge is 0.369 e. The fraction of sp³-hybridized carbons (Fsp3) is 0. The second-order valence-electron chi connectivity index (χ2n) is 1.56. The number of thiophene rings is 1. The summed E-state index contributed by atoms with van der Waals surface area (Å²) in [7, 11) is 0. The van der Waals surface area contributed by atoms with Crippen LogP contribution in [0.25, 0.3) is 0 Å². The van der Waals surface area contributed by atoms with Gasteiger partial charge in [0, 0.05) is 4.88 Å². The van der Waals surface area contributed by atoms with Crippen LogP contribution in [0, 0.1) is 6.42 Å². The summed E-state index contributed by atoms with van der Waals surface area (Å²) in [5.74, 6) is -0.391. The lowest BCUT2D eigenvalue weighted by Crippen LogP contribution is -2.10. The van der Waals surface area contributed by atoms with Gasteiger partial charge in [-0.15, -0.1) is 11.3 Å². The first kappa shape index (κ1) is 6.29. The molecule has 47 valence electrons. The Morgan fingerprint density at radius 1 is 1.78 bits per heavy atom. The van der Waals surface area contributed by atoms with Crippen LogP contribution in [0.2, 0.25) is 0 Å². The SMILES string of the molecule is NC(=O)[CH]c1cccs1. The summed E-state index contributed by atoms with van der Waals surface area (Å²) in [5, 5.41) is 1.90. The summed E-state index contributed by atoms with van der Waals surface area (Å²) in [6.07, 6.45) is 1.41. The van der Waals surface area contributed by atoms with E-state index >= 15 is 0 Å². The maximum absolute atomic E-state index is 10.2. The first-order chi connectivity index (χ1) is 4.29. The van der Waals surface area contributed by atoms with E-state index in [-0.39, 0.29) is 0 Å². The van der Waals surface area contributed by atoms with Gasteiger partial charge in [-0.3, -0.25) is 4.79 Å². The van der Waals surface area contributed by atoms with Crippen molar-refractivity contribution in [2.45, 2.75) is 0 Å². The van der Waals surface area contributed by atoms with Crippen LogP contribution in [-0.2, 0) is 4.79 Å². The van der Waals surface area contributed by atoms with Crippen molar-refractivity contribution in [2.24, 2.45) is 5.73 Å². The predicted octanol–water partition coefficient (Wildman–Crippen LogP) is 0.786. The Morgan fingerprint density at radius 3 is 3.00 bits per heavy atom. The molecule has 0 saturated carbocycles. The molecular formula is C6H6NOS. The van der Waals surface area contributed by atoms with Gasteiger partial charge in [0.05, 0.1) is 6.42 Å². The number of hydrogen-bond acceptors (Lipinski definition) is 2. The molecule has 1 aromatic rings. The third kappa shape index (κ3) is 1.85. The van der Waals surface area contributed by atoms with Gasteiger partial charge in [0.1, 0.15) is 0 Å². The molecule has 1 rings (SSSR count). The summed E-state index contributed by atoms with van der Waals surface area (Å²) in [4.78, 5) is 11.1. The Balaban J connectivity index is 2.58. The van der Waals surface area contributed by atoms with Crippen molar-refractivity contribution in [3.8, 4) is 0 Å². The van der Waals surface area contributed by atoms with Gasteiger partial charge < -0.3 is 5.73 Å². The standard InChI is InChI=1S/C6H6NOS/c7-6(8)4-5-2-1-3-9-5/h1-4H,(H2,7,8). The van der Waals surface area contributed by atoms with Crippen LogP contribution in [0.1, 0.15) is 4.88 Å². The number of rotatable bonds is 2. The third-order valence-corrected chi connectivity index (χ3v) is 1.65. The molecule has 0 aromatic carbocycles. The highest BCUT2D eigenvalue weighted by atomic mass is 32.1. The van der Waals surface area contributed by atoms with Gasteiger partial charge in [0.25, 0.3) is 0 Å². The van der Waals surface area contributed by atoms with Crippen molar-refractivity contribution in [1.82, 2.24) is 0 Å². The van der Waals surface area contributed by atoms with E-state index in [9.17, 15) is 4.79 Å². The van der Waals surface area contributed by atoms with Crippen molar-refractivity contribution in [2.75, 3.05) is 0 Å². The van der Waals surface area contributed by atoms with Crippen LogP contribution in [0.4, 0.5) is 0 Å². The summed E-state index contributed by atoms with van der Waals surface area (Å²) in [5.41, 5.74) is 4.90. The van der Waals surface area contributed by atoms with E-state index in [1.54, 1.807) is 0 Å². The smallest absolute Gasteiger partial charge is 0.226 e. The summed E-state index contributed by atoms with van der Waals surface area (Å²) in [6, 6.07) is 3.72. The fourth-order valence-electron chi connectivity index (χ4n) is 0.514. The number of amides is 1. The van der Waals surface area contributed by atoms with E-state index in [1.165, 1.54) is 17.8 Å². The lowest BCUT2D eigenvalue weighted by molar-refractivity contribution is -0.114. The van der Waals surface area contributed by atoms with Crippen LogP contribution < -0.4 is 5.73 Å². The van der Waals surface area contributed by atoms with Crippen molar-refractivity contribution >= 4 is 17.2 Å². The van der Waals surface area contributed by atoms with Crippen LogP contribution in [-0.4, -0.2) is 5.91 Å².